The molecule has 0 spiro atoms. The quantitative estimate of drug-likeness (QED) is 0.406. The Morgan fingerprint density at radius 2 is 1.79 bits per heavy atom. The van der Waals surface area contributed by atoms with Crippen molar-refractivity contribution < 1.29 is 18.7 Å². The number of pyridine rings is 1. The molecule has 0 bridgehead atoms. The maximum absolute atomic E-state index is 13.6. The Labute approximate surface area is 222 Å². The first-order valence-corrected chi connectivity index (χ1v) is 13.0. The number of hydrogen-bond donors (Lipinski definition) is 0. The van der Waals surface area contributed by atoms with Gasteiger partial charge in [-0.2, -0.15) is 0 Å². The Hall–Kier alpha value is -3.75. The number of rotatable bonds is 7. The number of cyclic esters (lactones) is 1. The zero-order valence-electron chi connectivity index (χ0n) is 22.7. The molecule has 0 N–H and O–H groups in total. The molecule has 2 fully saturated rings. The van der Waals surface area contributed by atoms with Crippen molar-refractivity contribution in [3.63, 3.8) is 0 Å². The van der Waals surface area contributed by atoms with Crippen molar-refractivity contribution in [2.24, 2.45) is 0 Å². The van der Waals surface area contributed by atoms with E-state index in [1.807, 2.05) is 26.8 Å². The smallest absolute Gasteiger partial charge is 0.411 e. The number of anilines is 1. The fourth-order valence-electron chi connectivity index (χ4n) is 5.13. The zero-order valence-corrected chi connectivity index (χ0v) is 22.7. The molecule has 2 aliphatic heterocycles. The number of nitrogens with zero attached hydrogens (tertiary/aromatic N) is 5. The van der Waals surface area contributed by atoms with Crippen molar-refractivity contribution in [3.05, 3.63) is 64.6 Å². The van der Waals surface area contributed by atoms with E-state index in [4.69, 9.17) is 14.5 Å². The lowest BCUT2D eigenvalue weighted by Gasteiger charge is -2.34. The van der Waals surface area contributed by atoms with Gasteiger partial charge in [-0.1, -0.05) is 43.2 Å². The van der Waals surface area contributed by atoms with Crippen LogP contribution in [0.4, 0.5) is 15.1 Å². The minimum Gasteiger partial charge on any atom is -0.481 e. The maximum Gasteiger partial charge on any atom is 0.411 e. The lowest BCUT2D eigenvalue weighted by Crippen LogP contribution is -2.49. The van der Waals surface area contributed by atoms with Gasteiger partial charge in [-0.15, -0.1) is 0 Å². The van der Waals surface area contributed by atoms with Crippen LogP contribution in [0.15, 0.2) is 36.7 Å². The van der Waals surface area contributed by atoms with Crippen molar-refractivity contribution in [1.82, 2.24) is 19.9 Å². The number of benzene rings is 1. The van der Waals surface area contributed by atoms with Gasteiger partial charge >= 0.3 is 6.09 Å². The van der Waals surface area contributed by atoms with Gasteiger partial charge in [0.2, 0.25) is 11.8 Å². The summed E-state index contributed by atoms with van der Waals surface area (Å²) in [6.45, 7) is 11.0. The average molecular weight is 520 g/mol. The third-order valence-corrected chi connectivity index (χ3v) is 7.28. The summed E-state index contributed by atoms with van der Waals surface area (Å²) < 4.78 is 25.1. The monoisotopic (exact) mass is 519 g/mol. The summed E-state index contributed by atoms with van der Waals surface area (Å²) in [7, 11) is 1.57. The molecule has 8 nitrogen and oxygen atoms in total. The lowest BCUT2D eigenvalue weighted by molar-refractivity contribution is 0.130. The molecular formula is C29H34FN5O3. The SMILES string of the molecule is COc1ncc(C(C)C)cc1-c1cnc(N2CC(F)C2)nc1CN1C(=O)O[C@H](c2cc(C)cc(C)c2)[C@@H]1C. The van der Waals surface area contributed by atoms with Crippen molar-refractivity contribution in [3.8, 4) is 17.0 Å². The third-order valence-electron chi connectivity index (χ3n) is 7.28. The first-order chi connectivity index (χ1) is 18.1. The summed E-state index contributed by atoms with van der Waals surface area (Å²) in [5, 5.41) is 0. The summed E-state index contributed by atoms with van der Waals surface area (Å²) in [4.78, 5) is 30.5. The molecule has 0 saturated carbocycles. The number of aryl methyl sites for hydroxylation is 2. The Bertz CT molecular complexity index is 1340. The van der Waals surface area contributed by atoms with Crippen LogP contribution in [0.2, 0.25) is 0 Å². The Balaban J connectivity index is 1.54. The van der Waals surface area contributed by atoms with Crippen LogP contribution in [0.5, 0.6) is 5.88 Å². The van der Waals surface area contributed by atoms with Gasteiger partial charge in [0.25, 0.3) is 0 Å². The molecule has 200 valence electrons. The number of hydrogen-bond acceptors (Lipinski definition) is 7. The summed E-state index contributed by atoms with van der Waals surface area (Å²) in [6, 6.07) is 8.02. The predicted octanol–water partition coefficient (Wildman–Crippen LogP) is 5.53. The highest BCUT2D eigenvalue weighted by atomic mass is 19.1. The predicted molar refractivity (Wildman–Crippen MR) is 143 cm³/mol. The van der Waals surface area contributed by atoms with Crippen molar-refractivity contribution >= 4 is 12.0 Å². The summed E-state index contributed by atoms with van der Waals surface area (Å²) in [6.07, 6.45) is 1.84. The van der Waals surface area contributed by atoms with Gasteiger partial charge < -0.3 is 14.4 Å². The topological polar surface area (TPSA) is 80.7 Å². The summed E-state index contributed by atoms with van der Waals surface area (Å²) in [5.74, 6) is 1.14. The highest BCUT2D eigenvalue weighted by molar-refractivity contribution is 5.74. The van der Waals surface area contributed by atoms with E-state index in [1.54, 1.807) is 29.3 Å². The van der Waals surface area contributed by atoms with Crippen LogP contribution in [-0.2, 0) is 11.3 Å². The van der Waals surface area contributed by atoms with Crippen LogP contribution in [0.25, 0.3) is 11.1 Å². The van der Waals surface area contributed by atoms with Crippen molar-refractivity contribution in [1.29, 1.82) is 0 Å². The molecule has 5 rings (SSSR count). The molecule has 4 heterocycles. The second kappa shape index (κ2) is 10.2. The lowest BCUT2D eigenvalue weighted by atomic mass is 9.98. The van der Waals surface area contributed by atoms with E-state index in [9.17, 15) is 9.18 Å². The fourth-order valence-corrected chi connectivity index (χ4v) is 5.13. The van der Waals surface area contributed by atoms with E-state index >= 15 is 0 Å². The number of ether oxygens (including phenoxy) is 2. The number of halogens is 1. The Morgan fingerprint density at radius 1 is 1.08 bits per heavy atom. The van der Waals surface area contributed by atoms with Gasteiger partial charge in [-0.05, 0) is 43.9 Å². The van der Waals surface area contributed by atoms with Gasteiger partial charge in [-0.25, -0.2) is 24.1 Å². The molecule has 2 saturated heterocycles. The van der Waals surface area contributed by atoms with Crippen LogP contribution >= 0.6 is 0 Å². The number of carbonyl (C=O) groups excluding carboxylic acids is 1. The second-order valence-corrected chi connectivity index (χ2v) is 10.6. The summed E-state index contributed by atoms with van der Waals surface area (Å²) in [5.41, 5.74) is 6.35. The van der Waals surface area contributed by atoms with E-state index in [0.29, 0.717) is 23.1 Å². The average Bonchev–Trinajstić information content (AvgIpc) is 3.14. The molecule has 3 aromatic rings. The number of amides is 1. The normalized spacial score (nSPS) is 19.6. The van der Waals surface area contributed by atoms with Crippen molar-refractivity contribution in [2.45, 2.75) is 65.4 Å². The number of alkyl halides is 1. The molecule has 1 amide bonds. The Kier molecular flexibility index (Phi) is 6.94. The van der Waals surface area contributed by atoms with E-state index in [2.05, 4.69) is 42.0 Å². The second-order valence-electron chi connectivity index (χ2n) is 10.6. The molecular weight excluding hydrogens is 485 g/mol. The first kappa shape index (κ1) is 25.9. The fraction of sp³-hybridized carbons (Fsp3) is 0.448. The van der Waals surface area contributed by atoms with E-state index in [1.165, 1.54) is 0 Å². The Morgan fingerprint density at radius 3 is 2.42 bits per heavy atom. The minimum atomic E-state index is -0.888. The van der Waals surface area contributed by atoms with E-state index in [0.717, 1.165) is 27.8 Å². The van der Waals surface area contributed by atoms with Crippen LogP contribution in [0.1, 0.15) is 60.7 Å². The molecule has 0 radical (unpaired) electrons. The van der Waals surface area contributed by atoms with E-state index < -0.39 is 18.4 Å². The van der Waals surface area contributed by atoms with Crippen molar-refractivity contribution in [2.75, 3.05) is 25.1 Å². The largest absolute Gasteiger partial charge is 0.481 e. The number of aromatic nitrogens is 3. The van der Waals surface area contributed by atoms with Gasteiger partial charge in [0.15, 0.2) is 0 Å². The number of methoxy groups -OCH3 is 1. The van der Waals surface area contributed by atoms with Crippen LogP contribution < -0.4 is 9.64 Å². The van der Waals surface area contributed by atoms with Gasteiger partial charge in [0.05, 0.1) is 38.5 Å². The molecule has 0 aliphatic carbocycles. The van der Waals surface area contributed by atoms with Gasteiger partial charge in [0, 0.05) is 23.5 Å². The number of carbonyl (C=O) groups is 1. The maximum atomic E-state index is 13.6. The molecule has 9 heteroatoms. The van der Waals surface area contributed by atoms with Crippen LogP contribution in [0, 0.1) is 13.8 Å². The minimum absolute atomic E-state index is 0.202. The molecule has 0 unspecified atom stereocenters. The molecule has 38 heavy (non-hydrogen) atoms. The van der Waals surface area contributed by atoms with Crippen LogP contribution in [-0.4, -0.2) is 58.4 Å². The summed E-state index contributed by atoms with van der Waals surface area (Å²) >= 11 is 0. The third kappa shape index (κ3) is 4.89. The van der Waals surface area contributed by atoms with Gasteiger partial charge in [0.1, 0.15) is 12.3 Å². The molecule has 2 aliphatic rings. The highest BCUT2D eigenvalue weighted by Gasteiger charge is 2.40. The standard InChI is InChI=1S/C29H34FN5O3/c1-16(2)21-10-23(27(37-6)31-11-21)24-12-32-28(34-13-22(30)14-34)33-25(24)15-35-19(5)26(38-29(35)36)20-8-17(3)7-18(4)9-20/h7-12,16,19,22,26H,13-15H2,1-6H3/t19-,26-/m0/s1. The van der Waals surface area contributed by atoms with Gasteiger partial charge in [-0.3, -0.25) is 4.90 Å². The molecule has 2 atom stereocenters. The molecule has 1 aromatic carbocycles. The highest BCUT2D eigenvalue weighted by Crippen LogP contribution is 2.38. The zero-order chi connectivity index (χ0) is 27.1. The van der Waals surface area contributed by atoms with E-state index in [-0.39, 0.29) is 31.6 Å². The molecule has 2 aromatic heterocycles. The van der Waals surface area contributed by atoms with Crippen LogP contribution in [0.3, 0.4) is 0 Å². The first-order valence-electron chi connectivity index (χ1n) is 13.0.